The van der Waals surface area contributed by atoms with Gasteiger partial charge in [0.2, 0.25) is 5.91 Å². The van der Waals surface area contributed by atoms with Crippen LogP contribution in [0.2, 0.25) is 0 Å². The van der Waals surface area contributed by atoms with E-state index in [0.29, 0.717) is 5.91 Å². The minimum atomic E-state index is 0.398. The van der Waals surface area contributed by atoms with E-state index in [-0.39, 0.29) is 0 Å². The molecular formula is C42H83NO. The normalized spacial score (nSPS) is 11.6. The van der Waals surface area contributed by atoms with Gasteiger partial charge in [0.1, 0.15) is 0 Å². The minimum absolute atomic E-state index is 0.398. The Morgan fingerprint density at radius 3 is 1.02 bits per heavy atom. The zero-order chi connectivity index (χ0) is 32.0. The van der Waals surface area contributed by atoms with Crippen LogP contribution >= 0.6 is 0 Å². The topological polar surface area (TPSA) is 20.3 Å². The third-order valence-corrected chi connectivity index (χ3v) is 9.67. The SMILES string of the molecule is CCCCCCCC/C=C\CCCCCCCCCCCC(=O)N(CC)CCCCCCCCCCCCCCCCCC. The van der Waals surface area contributed by atoms with Crippen LogP contribution in [0.5, 0.6) is 0 Å². The summed E-state index contributed by atoms with van der Waals surface area (Å²) in [5.74, 6) is 0.398. The number of hydrogen-bond acceptors (Lipinski definition) is 1. The molecule has 0 atom stereocenters. The number of amides is 1. The Balaban J connectivity index is 3.40. The molecule has 0 aliphatic rings. The van der Waals surface area contributed by atoms with Gasteiger partial charge >= 0.3 is 0 Å². The van der Waals surface area contributed by atoms with Gasteiger partial charge in [0.15, 0.2) is 0 Å². The van der Waals surface area contributed by atoms with E-state index in [2.05, 4.69) is 37.8 Å². The molecule has 0 fully saturated rings. The second kappa shape index (κ2) is 38.4. The Labute approximate surface area is 279 Å². The van der Waals surface area contributed by atoms with E-state index in [0.717, 1.165) is 25.9 Å². The smallest absolute Gasteiger partial charge is 0.222 e. The maximum absolute atomic E-state index is 12.7. The van der Waals surface area contributed by atoms with E-state index in [1.807, 2.05) is 0 Å². The van der Waals surface area contributed by atoms with Crippen molar-refractivity contribution < 1.29 is 4.79 Å². The molecule has 0 bridgehead atoms. The molecule has 0 aromatic heterocycles. The fourth-order valence-corrected chi connectivity index (χ4v) is 6.52. The number of carbonyl (C=O) groups excluding carboxylic acids is 1. The number of unbranched alkanes of at least 4 members (excludes halogenated alkanes) is 30. The van der Waals surface area contributed by atoms with Gasteiger partial charge in [-0.2, -0.15) is 0 Å². The average Bonchev–Trinajstić information content (AvgIpc) is 3.03. The van der Waals surface area contributed by atoms with Gasteiger partial charge < -0.3 is 4.90 Å². The molecule has 0 unspecified atom stereocenters. The number of carbonyl (C=O) groups is 1. The van der Waals surface area contributed by atoms with Crippen LogP contribution in [0.25, 0.3) is 0 Å². The Hall–Kier alpha value is -0.790. The number of hydrogen-bond donors (Lipinski definition) is 0. The van der Waals surface area contributed by atoms with E-state index in [9.17, 15) is 4.79 Å². The molecule has 0 aliphatic heterocycles. The Bertz CT molecular complexity index is 570. The molecule has 0 spiro atoms. The van der Waals surface area contributed by atoms with E-state index >= 15 is 0 Å². The molecule has 262 valence electrons. The Morgan fingerprint density at radius 1 is 0.386 bits per heavy atom. The van der Waals surface area contributed by atoms with Gasteiger partial charge in [0.25, 0.3) is 0 Å². The molecule has 0 radical (unpaired) electrons. The summed E-state index contributed by atoms with van der Waals surface area (Å²) < 4.78 is 0. The van der Waals surface area contributed by atoms with Crippen LogP contribution in [0, 0.1) is 0 Å². The quantitative estimate of drug-likeness (QED) is 0.0501. The Morgan fingerprint density at radius 2 is 0.682 bits per heavy atom. The zero-order valence-corrected chi connectivity index (χ0v) is 31.0. The summed E-state index contributed by atoms with van der Waals surface area (Å²) in [4.78, 5) is 14.8. The van der Waals surface area contributed by atoms with Gasteiger partial charge in [0, 0.05) is 19.5 Å². The summed E-state index contributed by atoms with van der Waals surface area (Å²) in [6.45, 7) is 8.59. The monoisotopic (exact) mass is 618 g/mol. The minimum Gasteiger partial charge on any atom is -0.343 e. The largest absolute Gasteiger partial charge is 0.343 e. The molecule has 0 saturated carbocycles. The molecule has 0 rings (SSSR count). The van der Waals surface area contributed by atoms with Crippen LogP contribution in [0.3, 0.4) is 0 Å². The lowest BCUT2D eigenvalue weighted by Gasteiger charge is -2.21. The lowest BCUT2D eigenvalue weighted by molar-refractivity contribution is -0.131. The molecule has 2 heteroatoms. The van der Waals surface area contributed by atoms with E-state index in [1.54, 1.807) is 0 Å². The van der Waals surface area contributed by atoms with Crippen molar-refractivity contribution in [2.75, 3.05) is 13.1 Å². The second-order valence-corrected chi connectivity index (χ2v) is 14.0. The van der Waals surface area contributed by atoms with E-state index < -0.39 is 0 Å². The zero-order valence-electron chi connectivity index (χ0n) is 31.0. The number of allylic oxidation sites excluding steroid dienone is 2. The first-order valence-electron chi connectivity index (χ1n) is 20.7. The highest BCUT2D eigenvalue weighted by Gasteiger charge is 2.10. The van der Waals surface area contributed by atoms with E-state index in [4.69, 9.17) is 0 Å². The van der Waals surface area contributed by atoms with Gasteiger partial charge in [-0.15, -0.1) is 0 Å². The van der Waals surface area contributed by atoms with Crippen LogP contribution in [-0.2, 0) is 4.79 Å². The average molecular weight is 618 g/mol. The summed E-state index contributed by atoms with van der Waals surface area (Å²) in [6, 6.07) is 0. The summed E-state index contributed by atoms with van der Waals surface area (Å²) in [5, 5.41) is 0. The predicted octanol–water partition coefficient (Wildman–Crippen LogP) is 14.7. The molecule has 0 heterocycles. The maximum Gasteiger partial charge on any atom is 0.222 e. The molecule has 0 saturated heterocycles. The summed E-state index contributed by atoms with van der Waals surface area (Å²) in [5.41, 5.74) is 0. The summed E-state index contributed by atoms with van der Waals surface area (Å²) in [7, 11) is 0. The van der Waals surface area contributed by atoms with Crippen LogP contribution in [-0.4, -0.2) is 23.9 Å². The van der Waals surface area contributed by atoms with Crippen molar-refractivity contribution in [2.24, 2.45) is 0 Å². The van der Waals surface area contributed by atoms with Crippen molar-refractivity contribution in [1.29, 1.82) is 0 Å². The molecule has 0 N–H and O–H groups in total. The molecule has 1 amide bonds. The fourth-order valence-electron chi connectivity index (χ4n) is 6.52. The van der Waals surface area contributed by atoms with Crippen LogP contribution < -0.4 is 0 Å². The molecule has 0 aliphatic carbocycles. The van der Waals surface area contributed by atoms with Crippen LogP contribution in [0.15, 0.2) is 12.2 Å². The van der Waals surface area contributed by atoms with Gasteiger partial charge in [-0.05, 0) is 45.4 Å². The second-order valence-electron chi connectivity index (χ2n) is 14.0. The predicted molar refractivity (Wildman–Crippen MR) is 200 cm³/mol. The first-order chi connectivity index (χ1) is 21.8. The maximum atomic E-state index is 12.7. The molecule has 0 aromatic carbocycles. The highest BCUT2D eigenvalue weighted by atomic mass is 16.2. The molecular weight excluding hydrogens is 534 g/mol. The van der Waals surface area contributed by atoms with Gasteiger partial charge in [-0.25, -0.2) is 0 Å². The van der Waals surface area contributed by atoms with Crippen molar-refractivity contribution in [3.8, 4) is 0 Å². The van der Waals surface area contributed by atoms with Crippen molar-refractivity contribution in [1.82, 2.24) is 4.90 Å². The standard InChI is InChI=1S/C42H83NO/c1-4-7-9-11-13-15-17-19-21-23-24-25-26-28-30-32-34-36-38-40-42(44)43(6-3)41-39-37-35-33-31-29-27-22-20-18-16-14-12-10-8-5-2/h19,21H,4-18,20,22-41H2,1-3H3/b21-19-. The van der Waals surface area contributed by atoms with Gasteiger partial charge in [-0.1, -0.05) is 199 Å². The number of rotatable bonds is 37. The van der Waals surface area contributed by atoms with E-state index in [1.165, 1.54) is 205 Å². The highest BCUT2D eigenvalue weighted by molar-refractivity contribution is 5.76. The lowest BCUT2D eigenvalue weighted by atomic mass is 10.0. The first kappa shape index (κ1) is 43.2. The molecule has 2 nitrogen and oxygen atoms in total. The summed E-state index contributed by atoms with van der Waals surface area (Å²) in [6.07, 6.45) is 50.9. The van der Waals surface area contributed by atoms with Crippen LogP contribution in [0.4, 0.5) is 0 Å². The van der Waals surface area contributed by atoms with Gasteiger partial charge in [0.05, 0.1) is 0 Å². The third kappa shape index (κ3) is 34.1. The fraction of sp³-hybridized carbons (Fsp3) is 0.929. The van der Waals surface area contributed by atoms with Gasteiger partial charge in [-0.3, -0.25) is 4.79 Å². The Kier molecular flexibility index (Phi) is 37.7. The molecule has 44 heavy (non-hydrogen) atoms. The van der Waals surface area contributed by atoms with Crippen molar-refractivity contribution in [3.05, 3.63) is 12.2 Å². The molecule has 0 aromatic rings. The van der Waals surface area contributed by atoms with Crippen molar-refractivity contribution in [3.63, 3.8) is 0 Å². The number of nitrogens with zero attached hydrogens (tertiary/aromatic N) is 1. The summed E-state index contributed by atoms with van der Waals surface area (Å²) >= 11 is 0. The first-order valence-corrected chi connectivity index (χ1v) is 20.7. The van der Waals surface area contributed by atoms with Crippen LogP contribution in [0.1, 0.15) is 239 Å². The van der Waals surface area contributed by atoms with Crippen molar-refractivity contribution >= 4 is 5.91 Å². The highest BCUT2D eigenvalue weighted by Crippen LogP contribution is 2.15. The van der Waals surface area contributed by atoms with Crippen molar-refractivity contribution in [2.45, 2.75) is 239 Å². The third-order valence-electron chi connectivity index (χ3n) is 9.67. The lowest BCUT2D eigenvalue weighted by Crippen LogP contribution is -2.31.